The van der Waals surface area contributed by atoms with Crippen LogP contribution in [0.5, 0.6) is 0 Å². The molecule has 0 spiro atoms. The largest absolute Gasteiger partial charge is 0.423 e. The molecule has 1 aliphatic heterocycles. The van der Waals surface area contributed by atoms with E-state index in [1.807, 2.05) is 20.8 Å². The molecule has 2 N–H and O–H groups in total. The number of carbonyl (C=O) groups is 1. The molecule has 0 saturated carbocycles. The topological polar surface area (TPSA) is 70.7 Å². The molecule has 1 aliphatic rings. The zero-order valence-electron chi connectivity index (χ0n) is 17.0. The zero-order chi connectivity index (χ0) is 21.9. The van der Waals surface area contributed by atoms with Gasteiger partial charge in [-0.1, -0.05) is 49.6 Å². The van der Waals surface area contributed by atoms with E-state index in [1.54, 1.807) is 24.3 Å². The van der Waals surface area contributed by atoms with Gasteiger partial charge in [-0.05, 0) is 30.4 Å². The summed E-state index contributed by atoms with van der Waals surface area (Å²) in [5.41, 5.74) is -0.690. The van der Waals surface area contributed by atoms with Crippen molar-refractivity contribution in [3.05, 3.63) is 47.3 Å². The summed E-state index contributed by atoms with van der Waals surface area (Å²) in [6.07, 6.45) is -2.94. The van der Waals surface area contributed by atoms with E-state index in [0.717, 1.165) is 5.56 Å². The van der Waals surface area contributed by atoms with Crippen molar-refractivity contribution in [1.29, 1.82) is 0 Å². The Bertz CT molecular complexity index is 996. The van der Waals surface area contributed by atoms with Crippen LogP contribution in [0.1, 0.15) is 49.9 Å². The number of aromatic nitrogens is 3. The van der Waals surface area contributed by atoms with Gasteiger partial charge in [0.25, 0.3) is 5.91 Å². The van der Waals surface area contributed by atoms with Crippen LogP contribution in [0.25, 0.3) is 11.1 Å². The highest BCUT2D eigenvalue weighted by molar-refractivity contribution is 6.28. The Morgan fingerprint density at radius 3 is 2.50 bits per heavy atom. The molecule has 5 nitrogen and oxygen atoms in total. The number of alkyl halides is 3. The van der Waals surface area contributed by atoms with Gasteiger partial charge < -0.3 is 5.32 Å². The summed E-state index contributed by atoms with van der Waals surface area (Å²) < 4.78 is 42.6. The lowest BCUT2D eigenvalue weighted by Gasteiger charge is -2.37. The number of benzene rings is 1. The molecule has 0 radical (unpaired) electrons. The van der Waals surface area contributed by atoms with E-state index in [0.29, 0.717) is 24.3 Å². The van der Waals surface area contributed by atoms with Crippen molar-refractivity contribution in [3.63, 3.8) is 0 Å². The highest BCUT2D eigenvalue weighted by Crippen LogP contribution is 2.43. The van der Waals surface area contributed by atoms with Crippen LogP contribution in [0.2, 0.25) is 0 Å². The predicted octanol–water partition coefficient (Wildman–Crippen LogP) is 4.28. The van der Waals surface area contributed by atoms with E-state index in [9.17, 15) is 18.0 Å². The van der Waals surface area contributed by atoms with Gasteiger partial charge in [-0.25, -0.2) is 0 Å². The Balaban J connectivity index is 2.13. The van der Waals surface area contributed by atoms with Gasteiger partial charge in [-0.3, -0.25) is 4.79 Å². The number of carbonyl (C=O) groups excluding carboxylic acids is 1. The van der Waals surface area contributed by atoms with Gasteiger partial charge in [0.15, 0.2) is 0 Å². The van der Waals surface area contributed by atoms with Crippen LogP contribution in [-0.2, 0) is 4.79 Å². The minimum absolute atomic E-state index is 0.0662. The third kappa shape index (κ3) is 4.40. The third-order valence-corrected chi connectivity index (χ3v) is 5.00. The Morgan fingerprint density at radius 2 is 1.93 bits per heavy atom. The molecular formula is C22H23F3N4O. The quantitative estimate of drug-likeness (QED) is 0.731. The molecule has 1 amide bonds. The molecule has 1 atom stereocenters. The fourth-order valence-corrected chi connectivity index (χ4v) is 3.28. The van der Waals surface area contributed by atoms with E-state index < -0.39 is 24.0 Å². The summed E-state index contributed by atoms with van der Waals surface area (Å²) in [4.78, 5) is 12.9. The first kappa shape index (κ1) is 21.6. The molecule has 2 aromatic rings. The monoisotopic (exact) mass is 416 g/mol. The number of hydrogen-bond acceptors (Lipinski definition) is 3. The molecule has 1 aromatic heterocycles. The van der Waals surface area contributed by atoms with E-state index in [1.165, 1.54) is 6.20 Å². The fourth-order valence-electron chi connectivity index (χ4n) is 3.28. The number of rotatable bonds is 4. The van der Waals surface area contributed by atoms with Crippen LogP contribution in [0.4, 0.5) is 13.2 Å². The van der Waals surface area contributed by atoms with Crippen LogP contribution in [0.15, 0.2) is 30.5 Å². The van der Waals surface area contributed by atoms with Crippen molar-refractivity contribution >= 4 is 17.1 Å². The Hall–Kier alpha value is -3.08. The number of H-pyrrole nitrogens is 1. The predicted molar refractivity (Wildman–Crippen MR) is 108 cm³/mol. The standard InChI is InChI=1S/C22H23F3N4O/c1-14(2)6-4-5-11-21(22(23,24)25)12-17(16-9-7-15(3)8-10-16)19(20(30)27-21)18-13-26-29-28-18/h7-10,13-14H,4,6,12H2,1-3H3,(H,27,30)(H,26,28,29). The van der Waals surface area contributed by atoms with Crippen LogP contribution in [-0.4, -0.2) is 33.0 Å². The van der Waals surface area contributed by atoms with Crippen molar-refractivity contribution in [2.45, 2.75) is 51.7 Å². The molecule has 0 bridgehead atoms. The number of amides is 1. The number of aromatic amines is 1. The molecule has 8 heteroatoms. The molecule has 2 heterocycles. The average molecular weight is 416 g/mol. The van der Waals surface area contributed by atoms with Gasteiger partial charge in [0.05, 0.1) is 11.8 Å². The first-order chi connectivity index (χ1) is 14.1. The first-order valence-corrected chi connectivity index (χ1v) is 9.68. The van der Waals surface area contributed by atoms with Crippen molar-refractivity contribution in [3.8, 4) is 11.8 Å². The van der Waals surface area contributed by atoms with Crippen LogP contribution in [0, 0.1) is 24.7 Å². The van der Waals surface area contributed by atoms with E-state index >= 15 is 0 Å². The van der Waals surface area contributed by atoms with E-state index in [-0.39, 0.29) is 16.8 Å². The summed E-state index contributed by atoms with van der Waals surface area (Å²) in [6, 6.07) is 6.99. The van der Waals surface area contributed by atoms with Gasteiger partial charge in [-0.2, -0.15) is 28.6 Å². The summed E-state index contributed by atoms with van der Waals surface area (Å²) in [5, 5.41) is 12.2. The Labute approximate surface area is 173 Å². The van der Waals surface area contributed by atoms with Gasteiger partial charge in [0.1, 0.15) is 5.69 Å². The second kappa shape index (κ2) is 8.34. The van der Waals surface area contributed by atoms with Crippen LogP contribution >= 0.6 is 0 Å². The summed E-state index contributed by atoms with van der Waals surface area (Å²) >= 11 is 0. The summed E-state index contributed by atoms with van der Waals surface area (Å²) in [7, 11) is 0. The highest BCUT2D eigenvalue weighted by Gasteiger charge is 2.58. The lowest BCUT2D eigenvalue weighted by Crippen LogP contribution is -2.60. The van der Waals surface area contributed by atoms with Crippen LogP contribution in [0.3, 0.4) is 0 Å². The lowest BCUT2D eigenvalue weighted by molar-refractivity contribution is -0.180. The molecule has 0 aliphatic carbocycles. The second-order valence-corrected chi connectivity index (χ2v) is 7.84. The average Bonchev–Trinajstić information content (AvgIpc) is 3.18. The van der Waals surface area contributed by atoms with Gasteiger partial charge in [0.2, 0.25) is 5.54 Å². The number of halogens is 3. The van der Waals surface area contributed by atoms with Gasteiger partial charge in [0, 0.05) is 12.8 Å². The van der Waals surface area contributed by atoms with Crippen molar-refractivity contribution in [2.24, 2.45) is 5.92 Å². The maximum Gasteiger partial charge on any atom is 0.423 e. The molecule has 158 valence electrons. The normalized spacial score (nSPS) is 19.5. The fraction of sp³-hybridized carbons (Fsp3) is 0.409. The molecule has 1 aromatic carbocycles. The smallest absolute Gasteiger partial charge is 0.328 e. The van der Waals surface area contributed by atoms with Gasteiger partial charge >= 0.3 is 6.18 Å². The molecule has 0 saturated heterocycles. The number of nitrogens with zero attached hydrogens (tertiary/aromatic N) is 2. The van der Waals surface area contributed by atoms with E-state index in [4.69, 9.17) is 0 Å². The molecule has 0 fully saturated rings. The molecule has 30 heavy (non-hydrogen) atoms. The minimum atomic E-state index is -4.75. The minimum Gasteiger partial charge on any atom is -0.328 e. The Morgan fingerprint density at radius 1 is 1.23 bits per heavy atom. The van der Waals surface area contributed by atoms with Crippen molar-refractivity contribution < 1.29 is 18.0 Å². The van der Waals surface area contributed by atoms with Gasteiger partial charge in [-0.15, -0.1) is 5.92 Å². The second-order valence-electron chi connectivity index (χ2n) is 7.84. The maximum atomic E-state index is 14.2. The number of aryl methyl sites for hydroxylation is 1. The number of hydrogen-bond donors (Lipinski definition) is 2. The molecule has 3 rings (SSSR count). The zero-order valence-corrected chi connectivity index (χ0v) is 17.0. The summed E-state index contributed by atoms with van der Waals surface area (Å²) in [5.74, 6) is 4.45. The number of nitrogens with one attached hydrogen (secondary N) is 2. The van der Waals surface area contributed by atoms with E-state index in [2.05, 4.69) is 32.6 Å². The third-order valence-electron chi connectivity index (χ3n) is 5.00. The first-order valence-electron chi connectivity index (χ1n) is 9.68. The SMILES string of the molecule is Cc1ccc(C2=C(c3cn[nH]n3)C(=O)NC(C#CCCC(C)C)(C(F)(F)F)C2)cc1. The molecule has 1 unspecified atom stereocenters. The lowest BCUT2D eigenvalue weighted by atomic mass is 9.80. The maximum absolute atomic E-state index is 14.2. The van der Waals surface area contributed by atoms with Crippen molar-refractivity contribution in [1.82, 2.24) is 20.7 Å². The highest BCUT2D eigenvalue weighted by atomic mass is 19.4. The van der Waals surface area contributed by atoms with Crippen LogP contribution < -0.4 is 5.32 Å². The molecular weight excluding hydrogens is 393 g/mol. The van der Waals surface area contributed by atoms with Crippen molar-refractivity contribution in [2.75, 3.05) is 0 Å². The Kier molecular flexibility index (Phi) is 6.01. The summed E-state index contributed by atoms with van der Waals surface area (Å²) in [6.45, 7) is 5.84.